The predicted octanol–water partition coefficient (Wildman–Crippen LogP) is 8.40. The number of pyridine rings is 2. The summed E-state index contributed by atoms with van der Waals surface area (Å²) in [5, 5.41) is 11.0. The molecule has 3 aromatic rings. The van der Waals surface area contributed by atoms with Gasteiger partial charge in [0.05, 0.1) is 11.3 Å². The molecule has 1 aliphatic rings. The summed E-state index contributed by atoms with van der Waals surface area (Å²) in [5.74, 6) is 9.15. The third-order valence-corrected chi connectivity index (χ3v) is 8.06. The summed E-state index contributed by atoms with van der Waals surface area (Å²) in [7, 11) is 0. The van der Waals surface area contributed by atoms with E-state index in [4.69, 9.17) is 19.4 Å². The standard InChI is InChI=1S/C36H46N2O3/c1-6-9-10-11-29-13-16-33(34-17-14-30(25-37-34)36(39)23-28(7-2)24-36)35(21-29)41-32-20-27(5)38-31(22-32)15-12-26(4)18-19-40-8-3/h13-14,16-17,20-22,25-26,28,39H,6-9,12,15,18-19,23-24H2,1-5H3. The maximum Gasteiger partial charge on any atom is 0.138 e. The van der Waals surface area contributed by atoms with Gasteiger partial charge in [0.2, 0.25) is 0 Å². The number of hydrogen-bond donors (Lipinski definition) is 1. The van der Waals surface area contributed by atoms with Crippen LogP contribution in [0.25, 0.3) is 11.3 Å². The van der Waals surface area contributed by atoms with E-state index in [-0.39, 0.29) is 0 Å². The lowest BCUT2D eigenvalue weighted by atomic mass is 9.67. The van der Waals surface area contributed by atoms with Gasteiger partial charge in [-0.25, -0.2) is 0 Å². The molecule has 5 nitrogen and oxygen atoms in total. The van der Waals surface area contributed by atoms with Gasteiger partial charge in [0.25, 0.3) is 0 Å². The molecule has 41 heavy (non-hydrogen) atoms. The molecule has 1 fully saturated rings. The first kappa shape index (κ1) is 30.8. The summed E-state index contributed by atoms with van der Waals surface area (Å²) in [4.78, 5) is 9.55. The molecule has 0 bridgehead atoms. The second-order valence-corrected chi connectivity index (χ2v) is 11.6. The van der Waals surface area contributed by atoms with Crippen LogP contribution in [0, 0.1) is 30.6 Å². The summed E-state index contributed by atoms with van der Waals surface area (Å²) < 4.78 is 12.1. The van der Waals surface area contributed by atoms with Crippen molar-refractivity contribution in [3.63, 3.8) is 0 Å². The van der Waals surface area contributed by atoms with Gasteiger partial charge < -0.3 is 14.6 Å². The van der Waals surface area contributed by atoms with Gasteiger partial charge in [-0.3, -0.25) is 9.97 Å². The molecule has 1 N–H and O–H groups in total. The monoisotopic (exact) mass is 554 g/mol. The van der Waals surface area contributed by atoms with E-state index in [1.807, 2.05) is 62.5 Å². The van der Waals surface area contributed by atoms with Crippen molar-refractivity contribution in [2.45, 2.75) is 91.6 Å². The highest BCUT2D eigenvalue weighted by molar-refractivity contribution is 5.69. The normalized spacial score (nSPS) is 18.7. The van der Waals surface area contributed by atoms with Gasteiger partial charge in [0.1, 0.15) is 11.5 Å². The molecule has 1 unspecified atom stereocenters. The Labute approximate surface area is 246 Å². The first-order valence-corrected chi connectivity index (χ1v) is 15.4. The molecular formula is C36H46N2O3. The molecule has 4 rings (SSSR count). The number of unbranched alkanes of at least 4 members (excludes halogenated alkanes) is 1. The molecule has 2 aromatic heterocycles. The van der Waals surface area contributed by atoms with Gasteiger partial charge >= 0.3 is 0 Å². The second-order valence-electron chi connectivity index (χ2n) is 11.6. The van der Waals surface area contributed by atoms with Crippen molar-refractivity contribution in [3.8, 4) is 34.6 Å². The minimum Gasteiger partial charge on any atom is -0.456 e. The number of nitrogens with zero attached hydrogens (tertiary/aromatic N) is 2. The first-order chi connectivity index (χ1) is 19.8. The summed E-state index contributed by atoms with van der Waals surface area (Å²) >= 11 is 0. The molecule has 0 saturated heterocycles. The van der Waals surface area contributed by atoms with Gasteiger partial charge in [0.15, 0.2) is 0 Å². The topological polar surface area (TPSA) is 64.5 Å². The van der Waals surface area contributed by atoms with Crippen LogP contribution in [-0.2, 0) is 16.8 Å². The van der Waals surface area contributed by atoms with E-state index < -0.39 is 5.60 Å². The minimum atomic E-state index is -0.754. The molecule has 5 heteroatoms. The lowest BCUT2D eigenvalue weighted by Gasteiger charge is -2.43. The Hall–Kier alpha value is -3.20. The maximum absolute atomic E-state index is 11.0. The fourth-order valence-electron chi connectivity index (χ4n) is 5.42. The fraction of sp³-hybridized carbons (Fsp3) is 0.500. The molecule has 0 amide bonds. The average molecular weight is 555 g/mol. The van der Waals surface area contributed by atoms with Gasteiger partial charge in [-0.15, -0.1) is 0 Å². The molecule has 1 atom stereocenters. The van der Waals surface area contributed by atoms with Gasteiger partial charge in [-0.05, 0) is 88.5 Å². The van der Waals surface area contributed by atoms with Crippen molar-refractivity contribution >= 4 is 0 Å². The molecule has 218 valence electrons. The Morgan fingerprint density at radius 2 is 1.90 bits per heavy atom. The minimum absolute atomic E-state index is 0.568. The van der Waals surface area contributed by atoms with E-state index in [2.05, 4.69) is 32.6 Å². The molecule has 0 radical (unpaired) electrons. The van der Waals surface area contributed by atoms with Crippen LogP contribution in [0.5, 0.6) is 11.5 Å². The summed E-state index contributed by atoms with van der Waals surface area (Å²) in [6.07, 6.45) is 9.42. The Balaban J connectivity index is 1.57. The second kappa shape index (κ2) is 14.6. The Kier molecular flexibility index (Phi) is 11.0. The lowest BCUT2D eigenvalue weighted by Crippen LogP contribution is -2.40. The highest BCUT2D eigenvalue weighted by Crippen LogP contribution is 2.47. The van der Waals surface area contributed by atoms with Crippen molar-refractivity contribution < 1.29 is 14.6 Å². The molecule has 1 aromatic carbocycles. The lowest BCUT2D eigenvalue weighted by molar-refractivity contribution is -0.0808. The SMILES string of the molecule is CCCC#Cc1ccc(-c2ccc(C3(O)CC(CC)C3)cn2)c(Oc2cc(C)nc(CCC(C)CCOCC)c2)c1. The highest BCUT2D eigenvalue weighted by atomic mass is 16.5. The third-order valence-electron chi connectivity index (χ3n) is 8.06. The van der Waals surface area contributed by atoms with Crippen molar-refractivity contribution in [1.82, 2.24) is 9.97 Å². The van der Waals surface area contributed by atoms with Crippen LogP contribution in [0.1, 0.15) is 95.2 Å². The van der Waals surface area contributed by atoms with Crippen molar-refractivity contribution in [3.05, 3.63) is 71.2 Å². The van der Waals surface area contributed by atoms with Crippen LogP contribution in [0.15, 0.2) is 48.7 Å². The van der Waals surface area contributed by atoms with Gasteiger partial charge in [-0.2, -0.15) is 0 Å². The fourth-order valence-corrected chi connectivity index (χ4v) is 5.42. The smallest absolute Gasteiger partial charge is 0.138 e. The molecule has 1 aliphatic carbocycles. The van der Waals surface area contributed by atoms with E-state index in [9.17, 15) is 5.11 Å². The zero-order valence-corrected chi connectivity index (χ0v) is 25.5. The predicted molar refractivity (Wildman–Crippen MR) is 166 cm³/mol. The number of ether oxygens (including phenoxy) is 2. The van der Waals surface area contributed by atoms with Crippen LogP contribution in [0.3, 0.4) is 0 Å². The number of benzene rings is 1. The molecule has 0 aliphatic heterocycles. The molecule has 2 heterocycles. The first-order valence-electron chi connectivity index (χ1n) is 15.4. The van der Waals surface area contributed by atoms with Crippen molar-refractivity contribution in [2.24, 2.45) is 11.8 Å². The van der Waals surface area contributed by atoms with E-state index >= 15 is 0 Å². The van der Waals surface area contributed by atoms with Crippen LogP contribution >= 0.6 is 0 Å². The average Bonchev–Trinajstić information content (AvgIpc) is 2.95. The summed E-state index contributed by atoms with van der Waals surface area (Å²) in [5.41, 5.74) is 4.71. The van der Waals surface area contributed by atoms with Crippen molar-refractivity contribution in [2.75, 3.05) is 13.2 Å². The van der Waals surface area contributed by atoms with Gasteiger partial charge in [-0.1, -0.05) is 45.1 Å². The number of aryl methyl sites for hydroxylation is 2. The number of rotatable bonds is 13. The van der Waals surface area contributed by atoms with Crippen LogP contribution < -0.4 is 4.74 Å². The van der Waals surface area contributed by atoms with Crippen LogP contribution in [0.2, 0.25) is 0 Å². The Morgan fingerprint density at radius 3 is 2.61 bits per heavy atom. The van der Waals surface area contributed by atoms with E-state index in [0.717, 1.165) is 104 Å². The quantitative estimate of drug-likeness (QED) is 0.170. The zero-order chi connectivity index (χ0) is 29.2. The third kappa shape index (κ3) is 8.41. The van der Waals surface area contributed by atoms with Crippen molar-refractivity contribution in [1.29, 1.82) is 0 Å². The van der Waals surface area contributed by atoms with Gasteiger partial charge in [0, 0.05) is 66.0 Å². The summed E-state index contributed by atoms with van der Waals surface area (Å²) in [6.45, 7) is 12.2. The Morgan fingerprint density at radius 1 is 1.07 bits per heavy atom. The summed E-state index contributed by atoms with van der Waals surface area (Å²) in [6, 6.07) is 14.1. The largest absolute Gasteiger partial charge is 0.456 e. The highest BCUT2D eigenvalue weighted by Gasteiger charge is 2.43. The van der Waals surface area contributed by atoms with E-state index in [1.54, 1.807) is 0 Å². The molecule has 1 saturated carbocycles. The zero-order valence-electron chi connectivity index (χ0n) is 25.5. The molecular weight excluding hydrogens is 508 g/mol. The van der Waals surface area contributed by atoms with Crippen LogP contribution in [0.4, 0.5) is 0 Å². The Bertz CT molecular complexity index is 1330. The number of aliphatic hydroxyl groups is 1. The van der Waals surface area contributed by atoms with Crippen LogP contribution in [-0.4, -0.2) is 28.3 Å². The number of aromatic nitrogens is 2. The molecule has 0 spiro atoms. The maximum atomic E-state index is 11.0. The van der Waals surface area contributed by atoms with E-state index in [0.29, 0.717) is 17.6 Å². The van der Waals surface area contributed by atoms with E-state index in [1.165, 1.54) is 0 Å². The number of hydrogen-bond acceptors (Lipinski definition) is 5.